The van der Waals surface area contributed by atoms with E-state index in [1.165, 1.54) is 5.56 Å². The van der Waals surface area contributed by atoms with Crippen molar-refractivity contribution in [2.45, 2.75) is 0 Å². The number of ether oxygens (including phenoxy) is 1. The van der Waals surface area contributed by atoms with Crippen LogP contribution in [-0.2, 0) is 14.3 Å². The second-order valence-electron chi connectivity index (χ2n) is 3.16. The molecule has 110 valence electrons. The van der Waals surface area contributed by atoms with E-state index in [2.05, 4.69) is 37.6 Å². The molecule has 0 saturated heterocycles. The number of carbonyl (C=O) groups excluding carboxylic acids is 2. The lowest BCUT2D eigenvalue weighted by molar-refractivity contribution is -0.150. The van der Waals surface area contributed by atoms with Crippen LogP contribution in [0.1, 0.15) is 5.56 Å². The number of allylic oxidation sites excluding steroid dienone is 2. The van der Waals surface area contributed by atoms with E-state index < -0.39 is 11.9 Å². The van der Waals surface area contributed by atoms with Crippen LogP contribution >= 0.6 is 0 Å². The molecule has 0 fully saturated rings. The molecule has 2 rings (SSSR count). The third-order valence-electron chi connectivity index (χ3n) is 1.76. The van der Waals surface area contributed by atoms with Gasteiger partial charge >= 0.3 is 11.9 Å². The van der Waals surface area contributed by atoms with E-state index in [0.717, 1.165) is 12.2 Å². The van der Waals surface area contributed by atoms with E-state index in [1.54, 1.807) is 12.2 Å². The fraction of sp³-hybridized carbons (Fsp3) is 0. The van der Waals surface area contributed by atoms with Crippen LogP contribution in [0.2, 0.25) is 0 Å². The highest BCUT2D eigenvalue weighted by molar-refractivity contribution is 6.04. The fourth-order valence-electron chi connectivity index (χ4n) is 0.892. The Balaban J connectivity index is 0. The Morgan fingerprint density at radius 1 is 0.810 bits per heavy atom. The van der Waals surface area contributed by atoms with Crippen LogP contribution in [-0.4, -0.2) is 11.9 Å². The molecule has 1 heterocycles. The Hall–Kier alpha value is -2.94. The molecule has 0 atom stereocenters. The first kappa shape index (κ1) is 20.4. The molecule has 1 aromatic rings. The predicted octanol–water partition coefficient (Wildman–Crippen LogP) is 4.12. The number of hydrogen-bond acceptors (Lipinski definition) is 3. The van der Waals surface area contributed by atoms with E-state index in [4.69, 9.17) is 0 Å². The molecule has 1 aromatic carbocycles. The highest BCUT2D eigenvalue weighted by Crippen LogP contribution is 1.97. The smallest absolute Gasteiger partial charge is 0.338 e. The van der Waals surface area contributed by atoms with Crippen molar-refractivity contribution in [1.82, 2.24) is 0 Å². The van der Waals surface area contributed by atoms with Crippen LogP contribution < -0.4 is 0 Å². The molecule has 0 unspecified atom stereocenters. The van der Waals surface area contributed by atoms with Crippen molar-refractivity contribution in [2.75, 3.05) is 0 Å². The predicted molar refractivity (Wildman–Crippen MR) is 88.4 cm³/mol. The molecule has 0 spiro atoms. The quantitative estimate of drug-likeness (QED) is 0.355. The van der Waals surface area contributed by atoms with E-state index in [9.17, 15) is 9.59 Å². The Labute approximate surface area is 126 Å². The van der Waals surface area contributed by atoms with Crippen LogP contribution in [0.4, 0.5) is 0 Å². The molecule has 0 radical (unpaired) electrons. The van der Waals surface area contributed by atoms with Crippen molar-refractivity contribution >= 4 is 18.0 Å². The Kier molecular flexibility index (Phi) is 14.7. The zero-order valence-electron chi connectivity index (χ0n) is 12.0. The van der Waals surface area contributed by atoms with Gasteiger partial charge in [0.15, 0.2) is 0 Å². The molecule has 3 nitrogen and oxygen atoms in total. The summed E-state index contributed by atoms with van der Waals surface area (Å²) >= 11 is 0. The number of carbonyl (C=O) groups is 2. The minimum absolute atomic E-state index is 0.579. The molecule has 0 aliphatic carbocycles. The van der Waals surface area contributed by atoms with Gasteiger partial charge in [-0.3, -0.25) is 0 Å². The van der Waals surface area contributed by atoms with Crippen molar-refractivity contribution in [2.24, 2.45) is 0 Å². The van der Waals surface area contributed by atoms with Crippen LogP contribution in [0.25, 0.3) is 6.08 Å². The summed E-state index contributed by atoms with van der Waals surface area (Å²) in [5.74, 6) is -1.16. The molecule has 0 aromatic heterocycles. The summed E-state index contributed by atoms with van der Waals surface area (Å²) in [5, 5.41) is 0. The van der Waals surface area contributed by atoms with Gasteiger partial charge in [-0.25, -0.2) is 9.59 Å². The lowest BCUT2D eigenvalue weighted by Crippen LogP contribution is -1.96. The first-order valence-corrected chi connectivity index (χ1v) is 5.98. The number of hydrogen-bond donors (Lipinski definition) is 0. The van der Waals surface area contributed by atoms with Gasteiger partial charge in [0.1, 0.15) is 0 Å². The average Bonchev–Trinajstić information content (AvgIpc) is 2.94. The molecule has 0 bridgehead atoms. The summed E-state index contributed by atoms with van der Waals surface area (Å²) in [6, 6.07) is 10.0. The van der Waals surface area contributed by atoms with Crippen LogP contribution in [0.3, 0.4) is 0 Å². The molecule has 1 aliphatic heterocycles. The molecule has 3 heteroatoms. The van der Waals surface area contributed by atoms with Crippen molar-refractivity contribution in [3.8, 4) is 0 Å². The Morgan fingerprint density at radius 3 is 1.43 bits per heavy atom. The van der Waals surface area contributed by atoms with Crippen LogP contribution in [0.5, 0.6) is 0 Å². The highest BCUT2D eigenvalue weighted by Gasteiger charge is 2.10. The lowest BCUT2D eigenvalue weighted by Gasteiger charge is -1.85. The first-order chi connectivity index (χ1) is 10.1. The topological polar surface area (TPSA) is 43.4 Å². The summed E-state index contributed by atoms with van der Waals surface area (Å²) in [5.41, 5.74) is 1.17. The SMILES string of the molecule is C=C.C=CC=C.C=Cc1ccccc1.O=C1C=CC(=O)O1. The number of esters is 2. The van der Waals surface area contributed by atoms with Gasteiger partial charge in [0, 0.05) is 12.2 Å². The van der Waals surface area contributed by atoms with Gasteiger partial charge in [0.2, 0.25) is 0 Å². The van der Waals surface area contributed by atoms with Gasteiger partial charge in [-0.15, -0.1) is 13.2 Å². The van der Waals surface area contributed by atoms with Gasteiger partial charge in [-0.05, 0) is 5.56 Å². The second kappa shape index (κ2) is 15.1. The standard InChI is InChI=1S/C8H8.C4H2O3.C4H6.C2H4/c1-2-8-6-4-3-5-7-8;5-3-1-2-4(6)7-3;1-3-4-2;1-2/h2-7H,1H2;1-2H;3-4H,1-2H2;1-2H2. The zero-order chi connectivity index (χ0) is 16.5. The Bertz CT molecular complexity index is 462. The number of benzene rings is 1. The van der Waals surface area contributed by atoms with Crippen LogP contribution in [0, 0.1) is 0 Å². The minimum Gasteiger partial charge on any atom is -0.387 e. The maximum atomic E-state index is 9.92. The molecule has 0 N–H and O–H groups in total. The molecule has 0 amide bonds. The maximum Gasteiger partial charge on any atom is 0.338 e. The molecular weight excluding hydrogens is 264 g/mol. The van der Waals surface area contributed by atoms with Crippen molar-refractivity contribution < 1.29 is 14.3 Å². The van der Waals surface area contributed by atoms with Gasteiger partial charge < -0.3 is 4.74 Å². The largest absolute Gasteiger partial charge is 0.387 e. The summed E-state index contributed by atoms with van der Waals surface area (Å²) in [7, 11) is 0. The highest BCUT2D eigenvalue weighted by atomic mass is 16.6. The molecule has 0 saturated carbocycles. The monoisotopic (exact) mass is 284 g/mol. The lowest BCUT2D eigenvalue weighted by atomic mass is 10.2. The van der Waals surface area contributed by atoms with Gasteiger partial charge in [0.25, 0.3) is 0 Å². The summed E-state index contributed by atoms with van der Waals surface area (Å²) in [6.07, 6.45) is 7.28. The normalized spacial score (nSPS) is 10.3. The average molecular weight is 284 g/mol. The third kappa shape index (κ3) is 13.3. The molecular formula is C18H20O3. The van der Waals surface area contributed by atoms with E-state index in [1.807, 2.05) is 36.4 Å². The van der Waals surface area contributed by atoms with Crippen molar-refractivity contribution in [1.29, 1.82) is 0 Å². The molecule has 21 heavy (non-hydrogen) atoms. The zero-order valence-corrected chi connectivity index (χ0v) is 12.0. The number of rotatable bonds is 2. The van der Waals surface area contributed by atoms with Crippen LogP contribution in [0.15, 0.2) is 87.5 Å². The van der Waals surface area contributed by atoms with E-state index in [0.29, 0.717) is 0 Å². The molecule has 1 aliphatic rings. The van der Waals surface area contributed by atoms with E-state index >= 15 is 0 Å². The van der Waals surface area contributed by atoms with Gasteiger partial charge in [-0.2, -0.15) is 0 Å². The third-order valence-corrected chi connectivity index (χ3v) is 1.76. The summed E-state index contributed by atoms with van der Waals surface area (Å²) in [6.45, 7) is 16.4. The number of cyclic esters (lactones) is 2. The van der Waals surface area contributed by atoms with Crippen molar-refractivity contribution in [3.63, 3.8) is 0 Å². The van der Waals surface area contributed by atoms with E-state index in [-0.39, 0.29) is 0 Å². The van der Waals surface area contributed by atoms with Gasteiger partial charge in [-0.1, -0.05) is 68.3 Å². The first-order valence-electron chi connectivity index (χ1n) is 5.98. The minimum atomic E-state index is -0.579. The summed E-state index contributed by atoms with van der Waals surface area (Å²) in [4.78, 5) is 19.8. The second-order valence-corrected chi connectivity index (χ2v) is 3.16. The van der Waals surface area contributed by atoms with Crippen molar-refractivity contribution in [3.05, 3.63) is 93.1 Å². The van der Waals surface area contributed by atoms with Gasteiger partial charge in [0.05, 0.1) is 0 Å². The summed E-state index contributed by atoms with van der Waals surface area (Å²) < 4.78 is 3.97. The maximum absolute atomic E-state index is 9.92. The fourth-order valence-corrected chi connectivity index (χ4v) is 0.892. The Morgan fingerprint density at radius 2 is 1.24 bits per heavy atom.